The highest BCUT2D eigenvalue weighted by molar-refractivity contribution is 8.02. The van der Waals surface area contributed by atoms with Gasteiger partial charge >= 0.3 is 0 Å². The van der Waals surface area contributed by atoms with Gasteiger partial charge in [-0.15, -0.1) is 10.2 Å². The summed E-state index contributed by atoms with van der Waals surface area (Å²) in [7, 11) is 0. The Balaban J connectivity index is 1.31. The molecule has 0 aliphatic heterocycles. The standard InChI is InChI=1S/C21H28N4OS2/c1-14(19(26)23-18-13-7-9-15-8-5-6-12-17(15)18)27-21-25-24-20(28-21)22-16-10-3-2-4-11-16/h5-6,8,12,14,16,18H,2-4,7,9-11,13H2,1H3,(H,22,24)(H,23,26). The number of nitrogens with zero attached hydrogens (tertiary/aromatic N) is 2. The molecule has 1 aromatic carbocycles. The van der Waals surface area contributed by atoms with Gasteiger partial charge < -0.3 is 10.6 Å². The van der Waals surface area contributed by atoms with E-state index in [1.807, 2.05) is 6.92 Å². The van der Waals surface area contributed by atoms with E-state index in [0.29, 0.717) is 6.04 Å². The second-order valence-electron chi connectivity index (χ2n) is 7.76. The number of fused-ring (bicyclic) bond motifs is 1. The van der Waals surface area contributed by atoms with Gasteiger partial charge in [0, 0.05) is 6.04 Å². The van der Waals surface area contributed by atoms with Crippen LogP contribution in [-0.2, 0) is 11.2 Å². The van der Waals surface area contributed by atoms with Crippen LogP contribution in [0.2, 0.25) is 0 Å². The lowest BCUT2D eigenvalue weighted by atomic mass is 9.88. The molecule has 1 amide bonds. The molecule has 2 aliphatic carbocycles. The number of carbonyl (C=O) groups excluding carboxylic acids is 1. The Hall–Kier alpha value is -1.60. The molecule has 4 rings (SSSR count). The van der Waals surface area contributed by atoms with Gasteiger partial charge in [-0.2, -0.15) is 0 Å². The summed E-state index contributed by atoms with van der Waals surface area (Å²) in [6.45, 7) is 1.95. The normalized spacial score (nSPS) is 21.0. The zero-order chi connectivity index (χ0) is 19.3. The van der Waals surface area contributed by atoms with E-state index in [1.54, 1.807) is 11.3 Å². The monoisotopic (exact) mass is 416 g/mol. The summed E-state index contributed by atoms with van der Waals surface area (Å²) in [6, 6.07) is 9.10. The number of amides is 1. The zero-order valence-corrected chi connectivity index (χ0v) is 18.0. The predicted octanol–water partition coefficient (Wildman–Crippen LogP) is 4.96. The third-order valence-electron chi connectivity index (χ3n) is 5.67. The SMILES string of the molecule is CC(Sc1nnc(NC2CCCCC2)s1)C(=O)NC1CCCc2ccccc21. The van der Waals surface area contributed by atoms with Gasteiger partial charge in [0.1, 0.15) is 0 Å². The van der Waals surface area contributed by atoms with Crippen LogP contribution in [0.1, 0.15) is 69.0 Å². The third-order valence-corrected chi connectivity index (χ3v) is 7.71. The first kappa shape index (κ1) is 19.7. The zero-order valence-electron chi connectivity index (χ0n) is 16.3. The minimum atomic E-state index is -0.190. The number of nitrogens with one attached hydrogen (secondary N) is 2. The van der Waals surface area contributed by atoms with Crippen molar-refractivity contribution in [2.75, 3.05) is 5.32 Å². The first-order chi connectivity index (χ1) is 13.7. The van der Waals surface area contributed by atoms with Crippen molar-refractivity contribution in [1.29, 1.82) is 0 Å². The van der Waals surface area contributed by atoms with E-state index in [4.69, 9.17) is 0 Å². The molecule has 1 saturated carbocycles. The van der Waals surface area contributed by atoms with E-state index < -0.39 is 0 Å². The van der Waals surface area contributed by atoms with Crippen molar-refractivity contribution in [3.8, 4) is 0 Å². The van der Waals surface area contributed by atoms with Gasteiger partial charge in [0.15, 0.2) is 4.34 Å². The molecule has 28 heavy (non-hydrogen) atoms. The fourth-order valence-corrected chi connectivity index (χ4v) is 6.12. The maximum atomic E-state index is 12.8. The predicted molar refractivity (Wildman–Crippen MR) is 116 cm³/mol. The second kappa shape index (κ2) is 9.27. The summed E-state index contributed by atoms with van der Waals surface area (Å²) in [5.41, 5.74) is 2.64. The van der Waals surface area contributed by atoms with Crippen LogP contribution in [-0.4, -0.2) is 27.4 Å². The van der Waals surface area contributed by atoms with Crippen molar-refractivity contribution in [2.24, 2.45) is 0 Å². The fourth-order valence-electron chi connectivity index (χ4n) is 4.13. The number of hydrogen-bond donors (Lipinski definition) is 2. The molecule has 1 heterocycles. The number of anilines is 1. The molecule has 0 spiro atoms. The van der Waals surface area contributed by atoms with E-state index >= 15 is 0 Å². The molecule has 2 N–H and O–H groups in total. The van der Waals surface area contributed by atoms with Gasteiger partial charge in [-0.25, -0.2) is 0 Å². The van der Waals surface area contributed by atoms with Crippen LogP contribution >= 0.6 is 23.1 Å². The average molecular weight is 417 g/mol. The molecule has 7 heteroatoms. The Kier molecular flexibility index (Phi) is 6.52. The Morgan fingerprint density at radius 3 is 2.82 bits per heavy atom. The maximum absolute atomic E-state index is 12.8. The highest BCUT2D eigenvalue weighted by Gasteiger charge is 2.25. The minimum Gasteiger partial charge on any atom is -0.357 e. The number of benzene rings is 1. The molecule has 2 unspecified atom stereocenters. The van der Waals surface area contributed by atoms with Crippen molar-refractivity contribution in [2.45, 2.75) is 80.0 Å². The lowest BCUT2D eigenvalue weighted by Gasteiger charge is -2.27. The molecule has 1 aromatic heterocycles. The lowest BCUT2D eigenvalue weighted by Crippen LogP contribution is -2.35. The third kappa shape index (κ3) is 4.87. The summed E-state index contributed by atoms with van der Waals surface area (Å²) in [5.74, 6) is 0.0729. The summed E-state index contributed by atoms with van der Waals surface area (Å²) < 4.78 is 0.852. The molecule has 0 bridgehead atoms. The van der Waals surface area contributed by atoms with Crippen LogP contribution in [0.4, 0.5) is 5.13 Å². The quantitative estimate of drug-likeness (QED) is 0.652. The summed E-state index contributed by atoms with van der Waals surface area (Å²) in [6.07, 6.45) is 9.58. The highest BCUT2D eigenvalue weighted by Crippen LogP contribution is 2.33. The van der Waals surface area contributed by atoms with Crippen LogP contribution < -0.4 is 10.6 Å². The van der Waals surface area contributed by atoms with E-state index in [0.717, 1.165) is 28.7 Å². The van der Waals surface area contributed by atoms with Crippen molar-refractivity contribution in [3.63, 3.8) is 0 Å². The number of aromatic nitrogens is 2. The Morgan fingerprint density at radius 1 is 1.14 bits per heavy atom. The van der Waals surface area contributed by atoms with Crippen molar-refractivity contribution >= 4 is 34.1 Å². The molecule has 2 aliphatic rings. The van der Waals surface area contributed by atoms with E-state index in [-0.39, 0.29) is 17.2 Å². The second-order valence-corrected chi connectivity index (χ2v) is 10.3. The summed E-state index contributed by atoms with van der Waals surface area (Å²) in [4.78, 5) is 12.8. The van der Waals surface area contributed by atoms with Gasteiger partial charge in [0.05, 0.1) is 11.3 Å². The molecule has 0 saturated heterocycles. The number of carbonyl (C=O) groups is 1. The van der Waals surface area contributed by atoms with Crippen LogP contribution in [0.15, 0.2) is 28.6 Å². The van der Waals surface area contributed by atoms with Gasteiger partial charge in [-0.3, -0.25) is 4.79 Å². The van der Waals surface area contributed by atoms with E-state index in [2.05, 4.69) is 45.1 Å². The largest absolute Gasteiger partial charge is 0.357 e. The van der Waals surface area contributed by atoms with E-state index in [1.165, 1.54) is 55.0 Å². The van der Waals surface area contributed by atoms with Crippen molar-refractivity contribution in [3.05, 3.63) is 35.4 Å². The molecule has 2 aromatic rings. The van der Waals surface area contributed by atoms with Crippen LogP contribution in [0, 0.1) is 0 Å². The number of aryl methyl sites for hydroxylation is 1. The Bertz CT molecular complexity index is 803. The smallest absolute Gasteiger partial charge is 0.233 e. The summed E-state index contributed by atoms with van der Waals surface area (Å²) >= 11 is 3.05. The molecule has 150 valence electrons. The van der Waals surface area contributed by atoms with Crippen LogP contribution in [0.5, 0.6) is 0 Å². The molecule has 5 nitrogen and oxygen atoms in total. The first-order valence-corrected chi connectivity index (χ1v) is 12.0. The van der Waals surface area contributed by atoms with Crippen molar-refractivity contribution in [1.82, 2.24) is 15.5 Å². The van der Waals surface area contributed by atoms with Gasteiger partial charge in [-0.05, 0) is 50.2 Å². The molecular weight excluding hydrogens is 388 g/mol. The minimum absolute atomic E-state index is 0.0729. The lowest BCUT2D eigenvalue weighted by molar-refractivity contribution is -0.121. The maximum Gasteiger partial charge on any atom is 0.233 e. The number of hydrogen-bond acceptors (Lipinski definition) is 6. The molecular formula is C21H28N4OS2. The van der Waals surface area contributed by atoms with E-state index in [9.17, 15) is 4.79 Å². The number of rotatable bonds is 6. The Morgan fingerprint density at radius 2 is 1.96 bits per heavy atom. The van der Waals surface area contributed by atoms with Gasteiger partial charge in [0.25, 0.3) is 0 Å². The van der Waals surface area contributed by atoms with Gasteiger partial charge in [-0.1, -0.05) is 66.6 Å². The van der Waals surface area contributed by atoms with Crippen LogP contribution in [0.3, 0.4) is 0 Å². The van der Waals surface area contributed by atoms with Crippen molar-refractivity contribution < 1.29 is 4.79 Å². The Labute approximate surface area is 175 Å². The van der Waals surface area contributed by atoms with Gasteiger partial charge in [0.2, 0.25) is 11.0 Å². The first-order valence-electron chi connectivity index (χ1n) is 10.3. The highest BCUT2D eigenvalue weighted by atomic mass is 32.2. The molecule has 2 atom stereocenters. The fraction of sp³-hybridized carbons (Fsp3) is 0.571. The summed E-state index contributed by atoms with van der Waals surface area (Å²) in [5, 5.41) is 16.0. The molecule has 1 fully saturated rings. The molecule has 0 radical (unpaired) electrons. The number of thioether (sulfide) groups is 1. The average Bonchev–Trinajstić information content (AvgIpc) is 3.15. The topological polar surface area (TPSA) is 66.9 Å². The van der Waals surface area contributed by atoms with Crippen LogP contribution in [0.25, 0.3) is 0 Å².